The summed E-state index contributed by atoms with van der Waals surface area (Å²) >= 11 is 0. The Morgan fingerprint density at radius 3 is 3.17 bits per heavy atom. The molecule has 3 rings (SSSR count). The van der Waals surface area contributed by atoms with Crippen LogP contribution in [0.1, 0.15) is 19.8 Å². The quantitative estimate of drug-likeness (QED) is 0.819. The van der Waals surface area contributed by atoms with Gasteiger partial charge in [-0.15, -0.1) is 0 Å². The Balaban J connectivity index is 1.76. The van der Waals surface area contributed by atoms with Crippen LogP contribution in [0.4, 0.5) is 4.39 Å². The monoisotopic (exact) mass is 324 g/mol. The number of nitrogens with zero attached hydrogens (tertiary/aromatic N) is 2. The zero-order valence-electron chi connectivity index (χ0n) is 13.1. The van der Waals surface area contributed by atoms with Crippen molar-refractivity contribution in [1.29, 1.82) is 0 Å². The highest BCUT2D eigenvalue weighted by Crippen LogP contribution is 2.33. The van der Waals surface area contributed by atoms with Gasteiger partial charge in [0.15, 0.2) is 5.82 Å². The summed E-state index contributed by atoms with van der Waals surface area (Å²) in [5.41, 5.74) is 0. The minimum atomic E-state index is -0.511. The Hall–Kier alpha value is -1.73. The van der Waals surface area contributed by atoms with Gasteiger partial charge in [0, 0.05) is 19.3 Å². The fraction of sp³-hybridized carbons (Fsp3) is 0.625. The number of pyridine rings is 1. The Kier molecular flexibility index (Phi) is 5.07. The van der Waals surface area contributed by atoms with E-state index in [0.717, 1.165) is 12.8 Å². The summed E-state index contributed by atoms with van der Waals surface area (Å²) in [7, 11) is 0. The number of carbonyl (C=O) groups excluding carboxylic acids is 1. The van der Waals surface area contributed by atoms with Crippen molar-refractivity contribution in [2.75, 3.05) is 26.4 Å². The first kappa shape index (κ1) is 16.1. The maximum absolute atomic E-state index is 13.8. The van der Waals surface area contributed by atoms with Crippen molar-refractivity contribution in [3.63, 3.8) is 0 Å². The van der Waals surface area contributed by atoms with E-state index in [1.165, 1.54) is 18.3 Å². The van der Waals surface area contributed by atoms with Gasteiger partial charge >= 0.3 is 0 Å². The molecule has 1 aromatic rings. The molecule has 0 N–H and O–H groups in total. The van der Waals surface area contributed by atoms with E-state index in [9.17, 15) is 9.18 Å². The molecule has 23 heavy (non-hydrogen) atoms. The van der Waals surface area contributed by atoms with Gasteiger partial charge in [0.2, 0.25) is 5.91 Å². The molecule has 1 saturated heterocycles. The minimum Gasteiger partial charge on any atom is -0.467 e. The van der Waals surface area contributed by atoms with Crippen LogP contribution in [0.2, 0.25) is 0 Å². The molecule has 2 bridgehead atoms. The summed E-state index contributed by atoms with van der Waals surface area (Å²) < 4.78 is 30.6. The lowest BCUT2D eigenvalue weighted by Gasteiger charge is -2.31. The van der Waals surface area contributed by atoms with Crippen molar-refractivity contribution >= 4 is 5.91 Å². The number of rotatable bonds is 5. The van der Waals surface area contributed by atoms with Crippen LogP contribution in [0, 0.1) is 5.82 Å². The van der Waals surface area contributed by atoms with Crippen LogP contribution in [-0.4, -0.2) is 60.4 Å². The predicted molar refractivity (Wildman–Crippen MR) is 79.6 cm³/mol. The smallest absolute Gasteiger partial charge is 0.250 e. The molecule has 7 heteroatoms. The van der Waals surface area contributed by atoms with Gasteiger partial charge in [-0.1, -0.05) is 0 Å². The molecule has 0 radical (unpaired) electrons. The normalized spacial score (nSPS) is 26.9. The van der Waals surface area contributed by atoms with Crippen molar-refractivity contribution in [1.82, 2.24) is 9.88 Å². The average molecular weight is 324 g/mol. The van der Waals surface area contributed by atoms with E-state index in [1.54, 1.807) is 4.90 Å². The number of hydrogen-bond donors (Lipinski definition) is 0. The molecule has 126 valence electrons. The van der Waals surface area contributed by atoms with E-state index in [-0.39, 0.29) is 30.5 Å². The van der Waals surface area contributed by atoms with Crippen molar-refractivity contribution in [3.05, 3.63) is 24.1 Å². The molecule has 2 aliphatic rings. The first-order chi connectivity index (χ1) is 11.2. The molecular formula is C16H21FN2O4. The predicted octanol–water partition coefficient (Wildman–Crippen LogP) is 1.39. The van der Waals surface area contributed by atoms with Crippen molar-refractivity contribution in [3.8, 4) is 5.88 Å². The zero-order chi connectivity index (χ0) is 16.2. The minimum absolute atomic E-state index is 0.0440. The standard InChI is InChI=1S/C16H21FN2O4/c1-2-21-10-14(20)19-8-9-22-13-6-5-12(19)15(13)23-16-11(17)4-3-7-18-16/h3-4,7,12-13,15H,2,5-6,8-10H2,1H3. The van der Waals surface area contributed by atoms with Gasteiger partial charge in [0.1, 0.15) is 12.7 Å². The molecule has 0 aromatic carbocycles. The van der Waals surface area contributed by atoms with Crippen molar-refractivity contribution < 1.29 is 23.4 Å². The maximum Gasteiger partial charge on any atom is 0.250 e. The average Bonchev–Trinajstić information content (AvgIpc) is 2.83. The fourth-order valence-electron chi connectivity index (χ4n) is 3.21. The SMILES string of the molecule is CCOCC(=O)N1CCOC2CCC1C2Oc1ncccc1F. The lowest BCUT2D eigenvalue weighted by atomic mass is 10.1. The van der Waals surface area contributed by atoms with Crippen molar-refractivity contribution in [2.24, 2.45) is 0 Å². The first-order valence-corrected chi connectivity index (χ1v) is 7.96. The van der Waals surface area contributed by atoms with Crippen LogP contribution in [0.3, 0.4) is 0 Å². The van der Waals surface area contributed by atoms with Crippen LogP contribution in [-0.2, 0) is 14.3 Å². The molecule has 2 heterocycles. The van der Waals surface area contributed by atoms with E-state index in [4.69, 9.17) is 14.2 Å². The second-order valence-electron chi connectivity index (χ2n) is 5.65. The van der Waals surface area contributed by atoms with Gasteiger partial charge in [-0.05, 0) is 31.9 Å². The molecule has 3 atom stereocenters. The molecule has 1 amide bonds. The summed E-state index contributed by atoms with van der Waals surface area (Å²) in [5.74, 6) is -0.640. The summed E-state index contributed by atoms with van der Waals surface area (Å²) in [4.78, 5) is 18.0. The lowest BCUT2D eigenvalue weighted by Crippen LogP contribution is -2.49. The molecule has 1 aliphatic carbocycles. The van der Waals surface area contributed by atoms with Crippen molar-refractivity contribution in [2.45, 2.75) is 38.0 Å². The molecular weight excluding hydrogens is 303 g/mol. The molecule has 0 spiro atoms. The number of halogens is 1. The molecule has 1 saturated carbocycles. The van der Waals surface area contributed by atoms with Gasteiger partial charge < -0.3 is 19.1 Å². The lowest BCUT2D eigenvalue weighted by molar-refractivity contribution is -0.139. The van der Waals surface area contributed by atoms with E-state index in [0.29, 0.717) is 19.8 Å². The second kappa shape index (κ2) is 7.23. The van der Waals surface area contributed by atoms with Crippen LogP contribution >= 0.6 is 0 Å². The summed E-state index contributed by atoms with van der Waals surface area (Å²) in [6.07, 6.45) is 2.47. The third-order valence-corrected chi connectivity index (χ3v) is 4.28. The summed E-state index contributed by atoms with van der Waals surface area (Å²) in [6, 6.07) is 2.68. The van der Waals surface area contributed by atoms with E-state index in [2.05, 4.69) is 4.98 Å². The Labute approximate surface area is 134 Å². The third kappa shape index (κ3) is 3.45. The fourth-order valence-corrected chi connectivity index (χ4v) is 3.21. The Morgan fingerprint density at radius 1 is 1.52 bits per heavy atom. The Morgan fingerprint density at radius 2 is 2.39 bits per heavy atom. The summed E-state index contributed by atoms with van der Waals surface area (Å²) in [5, 5.41) is 0. The van der Waals surface area contributed by atoms with E-state index >= 15 is 0 Å². The summed E-state index contributed by atoms with van der Waals surface area (Å²) in [6.45, 7) is 3.33. The maximum atomic E-state index is 13.8. The first-order valence-electron chi connectivity index (χ1n) is 7.96. The van der Waals surface area contributed by atoms with Crippen LogP contribution < -0.4 is 4.74 Å². The van der Waals surface area contributed by atoms with E-state index < -0.39 is 11.9 Å². The topological polar surface area (TPSA) is 60.9 Å². The number of fused-ring (bicyclic) bond motifs is 2. The number of aromatic nitrogens is 1. The van der Waals surface area contributed by atoms with Gasteiger partial charge in [-0.3, -0.25) is 4.79 Å². The van der Waals surface area contributed by atoms with Gasteiger partial charge in [0.25, 0.3) is 5.88 Å². The third-order valence-electron chi connectivity index (χ3n) is 4.28. The van der Waals surface area contributed by atoms with Crippen LogP contribution in [0.5, 0.6) is 5.88 Å². The van der Waals surface area contributed by atoms with Gasteiger partial charge in [0.05, 0.1) is 18.8 Å². The molecule has 6 nitrogen and oxygen atoms in total. The highest BCUT2D eigenvalue weighted by Gasteiger charge is 2.45. The Bertz CT molecular complexity index is 557. The van der Waals surface area contributed by atoms with Gasteiger partial charge in [-0.25, -0.2) is 9.37 Å². The highest BCUT2D eigenvalue weighted by molar-refractivity contribution is 5.78. The second-order valence-corrected chi connectivity index (χ2v) is 5.65. The molecule has 2 fully saturated rings. The van der Waals surface area contributed by atoms with Crippen LogP contribution in [0.25, 0.3) is 0 Å². The number of amides is 1. The number of carbonyl (C=O) groups is 1. The largest absolute Gasteiger partial charge is 0.467 e. The number of ether oxygens (including phenoxy) is 3. The molecule has 3 unspecified atom stereocenters. The number of hydrogen-bond acceptors (Lipinski definition) is 5. The van der Waals surface area contributed by atoms with E-state index in [1.807, 2.05) is 6.92 Å². The molecule has 1 aromatic heterocycles. The van der Waals surface area contributed by atoms with Crippen LogP contribution in [0.15, 0.2) is 18.3 Å². The highest BCUT2D eigenvalue weighted by atomic mass is 19.1. The zero-order valence-corrected chi connectivity index (χ0v) is 13.1. The van der Waals surface area contributed by atoms with Gasteiger partial charge in [-0.2, -0.15) is 0 Å². The molecule has 1 aliphatic heterocycles.